The van der Waals surface area contributed by atoms with E-state index in [1.807, 2.05) is 32.0 Å². The molecule has 0 saturated carbocycles. The van der Waals surface area contributed by atoms with Crippen LogP contribution in [-0.4, -0.2) is 50.4 Å². The van der Waals surface area contributed by atoms with E-state index in [1.165, 1.54) is 4.90 Å². The van der Waals surface area contributed by atoms with Gasteiger partial charge >= 0.3 is 6.03 Å². The molecule has 1 aliphatic rings. The molecule has 1 saturated heterocycles. The molecule has 11 heteroatoms. The third kappa shape index (κ3) is 5.22. The number of hydrogen-bond acceptors (Lipinski definition) is 6. The van der Waals surface area contributed by atoms with Crippen molar-refractivity contribution in [3.63, 3.8) is 0 Å². The number of aryl methyl sites for hydroxylation is 3. The maximum absolute atomic E-state index is 13.7. The summed E-state index contributed by atoms with van der Waals surface area (Å²) in [6, 6.07) is 6.97. The molecule has 3 N–H and O–H groups in total. The smallest absolute Gasteiger partial charge is 0.325 e. The zero-order valence-corrected chi connectivity index (χ0v) is 22.9. The number of pyridine rings is 1. The zero-order valence-electron chi connectivity index (χ0n) is 22.1. The molecule has 3 aromatic rings. The van der Waals surface area contributed by atoms with Crippen LogP contribution < -0.4 is 16.0 Å². The molecule has 0 aliphatic carbocycles. The van der Waals surface area contributed by atoms with Gasteiger partial charge in [-0.15, -0.1) is 0 Å². The average molecular weight is 538 g/mol. The Hall–Kier alpha value is -3.92. The number of likely N-dealkylation sites (N-methyl/N-ethyl adjacent to an activating group) is 1. The van der Waals surface area contributed by atoms with Crippen LogP contribution in [0.4, 0.5) is 16.6 Å². The van der Waals surface area contributed by atoms with E-state index in [0.717, 1.165) is 21.6 Å². The van der Waals surface area contributed by atoms with E-state index in [0.29, 0.717) is 28.9 Å². The Labute approximate surface area is 226 Å². The Balaban J connectivity index is 1.63. The summed E-state index contributed by atoms with van der Waals surface area (Å²) in [4.78, 5) is 51.4. The molecule has 38 heavy (non-hydrogen) atoms. The number of imidazole rings is 1. The van der Waals surface area contributed by atoms with Gasteiger partial charge < -0.3 is 15.6 Å². The maximum Gasteiger partial charge on any atom is 0.325 e. The molecule has 3 heterocycles. The lowest BCUT2D eigenvalue weighted by molar-refractivity contribution is -0.156. The standard InChI is InChI=1S/C27H32ClN7O3/c1-6-21(18-11-15(2)7-8-20(18)28)32-27(38)35-23(25(37)34(5)26-30-9-10-33(26)4)19(24(35)36)13-17-12-16(3)31-22(29)14-17/h7-12,14,19,21,23H,6,13H2,1-5H3,(H2,29,31)(H,32,38)/t19-,21?,23+/m1/s1. The van der Waals surface area contributed by atoms with Crippen molar-refractivity contribution in [1.82, 2.24) is 24.8 Å². The van der Waals surface area contributed by atoms with Crippen LogP contribution in [0.2, 0.25) is 5.02 Å². The minimum Gasteiger partial charge on any atom is -0.384 e. The number of urea groups is 1. The first-order valence-corrected chi connectivity index (χ1v) is 12.8. The number of nitrogens with zero attached hydrogens (tertiary/aromatic N) is 5. The molecule has 200 valence electrons. The summed E-state index contributed by atoms with van der Waals surface area (Å²) < 4.78 is 1.69. The number of aromatic nitrogens is 3. The second-order valence-electron chi connectivity index (χ2n) is 9.68. The van der Waals surface area contributed by atoms with Gasteiger partial charge in [0.25, 0.3) is 5.91 Å². The third-order valence-corrected chi connectivity index (χ3v) is 7.18. The number of β-lactam (4-membered cyclic amide) rings is 1. The van der Waals surface area contributed by atoms with Crippen LogP contribution in [0, 0.1) is 19.8 Å². The van der Waals surface area contributed by atoms with Crippen molar-refractivity contribution < 1.29 is 14.4 Å². The predicted octanol–water partition coefficient (Wildman–Crippen LogP) is 3.56. The number of nitrogen functional groups attached to an aromatic ring is 1. The molecular formula is C27H32ClN7O3. The normalized spacial score (nSPS) is 17.6. The van der Waals surface area contributed by atoms with Crippen LogP contribution in [0.15, 0.2) is 42.7 Å². The highest BCUT2D eigenvalue weighted by molar-refractivity contribution is 6.31. The summed E-state index contributed by atoms with van der Waals surface area (Å²) in [6.07, 6.45) is 4.07. The molecule has 1 unspecified atom stereocenters. The van der Waals surface area contributed by atoms with Crippen molar-refractivity contribution in [3.8, 4) is 0 Å². The van der Waals surface area contributed by atoms with Crippen LogP contribution in [0.25, 0.3) is 0 Å². The number of anilines is 2. The van der Waals surface area contributed by atoms with Gasteiger partial charge in [-0.1, -0.05) is 36.2 Å². The fraction of sp³-hybridized carbons (Fsp3) is 0.370. The minimum atomic E-state index is -1.02. The van der Waals surface area contributed by atoms with E-state index in [2.05, 4.69) is 15.3 Å². The van der Waals surface area contributed by atoms with Crippen molar-refractivity contribution in [3.05, 3.63) is 70.1 Å². The second-order valence-corrected chi connectivity index (χ2v) is 10.1. The predicted molar refractivity (Wildman–Crippen MR) is 146 cm³/mol. The SMILES string of the molecule is CCC(NC(=O)N1C(=O)[C@H](Cc2cc(C)nc(N)c2)[C@H]1C(=O)N(C)c1nccn1C)c1cc(C)ccc1Cl. The van der Waals surface area contributed by atoms with Gasteiger partial charge in [-0.25, -0.2) is 14.8 Å². The van der Waals surface area contributed by atoms with Gasteiger partial charge in [0.1, 0.15) is 11.9 Å². The van der Waals surface area contributed by atoms with Gasteiger partial charge in [0, 0.05) is 37.2 Å². The highest BCUT2D eigenvalue weighted by Crippen LogP contribution is 2.34. The summed E-state index contributed by atoms with van der Waals surface area (Å²) in [5.74, 6) is -0.878. The Morgan fingerprint density at radius 2 is 1.97 bits per heavy atom. The van der Waals surface area contributed by atoms with E-state index in [4.69, 9.17) is 17.3 Å². The number of nitrogens with one attached hydrogen (secondary N) is 1. The fourth-order valence-electron chi connectivity index (χ4n) is 4.92. The molecule has 4 rings (SSSR count). The second kappa shape index (κ2) is 10.8. The van der Waals surface area contributed by atoms with Crippen LogP contribution >= 0.6 is 11.6 Å². The van der Waals surface area contributed by atoms with Crippen LogP contribution in [0.5, 0.6) is 0 Å². The number of amides is 4. The Kier molecular flexibility index (Phi) is 7.73. The Bertz CT molecular complexity index is 1370. The number of halogens is 1. The van der Waals surface area contributed by atoms with Crippen molar-refractivity contribution in [2.24, 2.45) is 13.0 Å². The van der Waals surface area contributed by atoms with Crippen molar-refractivity contribution in [1.29, 1.82) is 0 Å². The minimum absolute atomic E-state index is 0.238. The average Bonchev–Trinajstić information content (AvgIpc) is 3.29. The quantitative estimate of drug-likeness (QED) is 0.444. The highest BCUT2D eigenvalue weighted by atomic mass is 35.5. The van der Waals surface area contributed by atoms with Gasteiger partial charge in [-0.2, -0.15) is 0 Å². The lowest BCUT2D eigenvalue weighted by atomic mass is 9.81. The van der Waals surface area contributed by atoms with Gasteiger partial charge in [0.2, 0.25) is 11.9 Å². The molecule has 1 aromatic carbocycles. The summed E-state index contributed by atoms with van der Waals surface area (Å²) >= 11 is 6.42. The molecule has 0 spiro atoms. The zero-order chi connectivity index (χ0) is 27.7. The van der Waals surface area contributed by atoms with E-state index < -0.39 is 35.8 Å². The lowest BCUT2D eigenvalue weighted by Crippen LogP contribution is -2.70. The summed E-state index contributed by atoms with van der Waals surface area (Å²) in [5.41, 5.74) is 9.13. The fourth-order valence-corrected chi connectivity index (χ4v) is 5.17. The molecule has 3 atom stereocenters. The first-order chi connectivity index (χ1) is 18.0. The molecular weight excluding hydrogens is 506 g/mol. The Morgan fingerprint density at radius 3 is 2.61 bits per heavy atom. The van der Waals surface area contributed by atoms with Gasteiger partial charge in [0.15, 0.2) is 0 Å². The maximum atomic E-state index is 13.7. The largest absolute Gasteiger partial charge is 0.384 e. The van der Waals surface area contributed by atoms with E-state index >= 15 is 0 Å². The number of carbonyl (C=O) groups excluding carboxylic acids is 3. The first kappa shape index (κ1) is 27.1. The number of nitrogens with two attached hydrogens (primary N) is 1. The molecule has 4 amide bonds. The number of rotatable bonds is 7. The molecule has 0 bridgehead atoms. The number of likely N-dealkylation sites (tertiary alicyclic amines) is 1. The number of carbonyl (C=O) groups is 3. The van der Waals surface area contributed by atoms with E-state index in [9.17, 15) is 14.4 Å². The van der Waals surface area contributed by atoms with Crippen molar-refractivity contribution in [2.75, 3.05) is 17.7 Å². The highest BCUT2D eigenvalue weighted by Gasteiger charge is 2.55. The first-order valence-electron chi connectivity index (χ1n) is 12.4. The number of benzene rings is 1. The van der Waals surface area contributed by atoms with E-state index in [-0.39, 0.29) is 6.42 Å². The van der Waals surface area contributed by atoms with Gasteiger partial charge in [0.05, 0.1) is 12.0 Å². The molecule has 2 aromatic heterocycles. The Morgan fingerprint density at radius 1 is 1.24 bits per heavy atom. The molecule has 1 aliphatic heterocycles. The van der Waals surface area contributed by atoms with Gasteiger partial charge in [-0.3, -0.25) is 19.4 Å². The van der Waals surface area contributed by atoms with Gasteiger partial charge in [-0.05, 0) is 56.0 Å². The van der Waals surface area contributed by atoms with Crippen LogP contribution in [0.1, 0.15) is 41.8 Å². The lowest BCUT2D eigenvalue weighted by Gasteiger charge is -2.45. The number of imide groups is 1. The number of hydrogen-bond donors (Lipinski definition) is 2. The van der Waals surface area contributed by atoms with Crippen molar-refractivity contribution in [2.45, 2.75) is 45.7 Å². The van der Waals surface area contributed by atoms with Crippen molar-refractivity contribution >= 4 is 41.2 Å². The monoisotopic (exact) mass is 537 g/mol. The third-order valence-electron chi connectivity index (χ3n) is 6.83. The summed E-state index contributed by atoms with van der Waals surface area (Å²) in [6.45, 7) is 5.66. The van der Waals surface area contributed by atoms with E-state index in [1.54, 1.807) is 50.1 Å². The molecule has 0 radical (unpaired) electrons. The van der Waals surface area contributed by atoms with Crippen LogP contribution in [0.3, 0.4) is 0 Å². The summed E-state index contributed by atoms with van der Waals surface area (Å²) in [7, 11) is 3.34. The topological polar surface area (TPSA) is 126 Å². The summed E-state index contributed by atoms with van der Waals surface area (Å²) in [5, 5.41) is 3.43. The molecule has 1 fully saturated rings. The van der Waals surface area contributed by atoms with Crippen LogP contribution in [-0.2, 0) is 23.1 Å². The molecule has 10 nitrogen and oxygen atoms in total.